The fourth-order valence-corrected chi connectivity index (χ4v) is 1.33. The highest BCUT2D eigenvalue weighted by Gasteiger charge is 2.11. The van der Waals surface area contributed by atoms with E-state index in [-0.39, 0.29) is 30.3 Å². The van der Waals surface area contributed by atoms with Gasteiger partial charge in [-0.2, -0.15) is 8.78 Å². The summed E-state index contributed by atoms with van der Waals surface area (Å²) in [5, 5.41) is 4.90. The first kappa shape index (κ1) is 14.9. The van der Waals surface area contributed by atoms with Crippen molar-refractivity contribution in [3.63, 3.8) is 0 Å². The van der Waals surface area contributed by atoms with Crippen LogP contribution in [-0.4, -0.2) is 25.0 Å². The molecule has 5 nitrogen and oxygen atoms in total. The predicted octanol–water partition coefficient (Wildman–Crippen LogP) is 1.75. The second-order valence-corrected chi connectivity index (χ2v) is 3.66. The standard InChI is InChI=1S/C12H14F2N2O3/c1-8(17)15-7-6-11(18)16-9-4-2-3-5-10(9)19-12(13)14/h2-5,12H,6-7H2,1H3,(H,15,17)(H,16,18). The van der Waals surface area contributed by atoms with Gasteiger partial charge < -0.3 is 15.4 Å². The molecule has 0 fully saturated rings. The molecule has 0 radical (unpaired) electrons. The van der Waals surface area contributed by atoms with Crippen molar-refractivity contribution in [3.05, 3.63) is 24.3 Å². The van der Waals surface area contributed by atoms with Gasteiger partial charge in [0.15, 0.2) is 0 Å². The van der Waals surface area contributed by atoms with Gasteiger partial charge in [-0.05, 0) is 12.1 Å². The molecule has 2 N–H and O–H groups in total. The van der Waals surface area contributed by atoms with Crippen LogP contribution in [0.15, 0.2) is 24.3 Å². The molecule has 0 unspecified atom stereocenters. The highest BCUT2D eigenvalue weighted by Crippen LogP contribution is 2.25. The van der Waals surface area contributed by atoms with Crippen molar-refractivity contribution < 1.29 is 23.1 Å². The lowest BCUT2D eigenvalue weighted by atomic mass is 10.3. The summed E-state index contributed by atoms with van der Waals surface area (Å²) < 4.78 is 28.6. The summed E-state index contributed by atoms with van der Waals surface area (Å²) in [6.45, 7) is -1.44. The van der Waals surface area contributed by atoms with E-state index in [1.165, 1.54) is 25.1 Å². The molecule has 104 valence electrons. The topological polar surface area (TPSA) is 67.4 Å². The molecule has 0 aromatic heterocycles. The average molecular weight is 272 g/mol. The van der Waals surface area contributed by atoms with Crippen LogP contribution in [-0.2, 0) is 9.59 Å². The summed E-state index contributed by atoms with van der Waals surface area (Å²) >= 11 is 0. The van der Waals surface area contributed by atoms with E-state index in [2.05, 4.69) is 15.4 Å². The normalized spacial score (nSPS) is 10.1. The Hall–Kier alpha value is -2.18. The van der Waals surface area contributed by atoms with Gasteiger partial charge in [0.1, 0.15) is 5.75 Å². The third-order valence-corrected chi connectivity index (χ3v) is 2.10. The van der Waals surface area contributed by atoms with Crippen molar-refractivity contribution in [1.82, 2.24) is 5.32 Å². The first-order chi connectivity index (χ1) is 8.99. The van der Waals surface area contributed by atoms with Crippen LogP contribution < -0.4 is 15.4 Å². The molecule has 2 amide bonds. The largest absolute Gasteiger partial charge is 0.433 e. The van der Waals surface area contributed by atoms with Gasteiger partial charge in [-0.15, -0.1) is 0 Å². The van der Waals surface area contributed by atoms with Crippen molar-refractivity contribution in [2.75, 3.05) is 11.9 Å². The zero-order chi connectivity index (χ0) is 14.3. The van der Waals surface area contributed by atoms with Crippen LogP contribution in [0, 0.1) is 0 Å². The first-order valence-corrected chi connectivity index (χ1v) is 5.57. The summed E-state index contributed by atoms with van der Waals surface area (Å²) in [7, 11) is 0. The number of para-hydroxylation sites is 2. The Kier molecular flexibility index (Phi) is 5.72. The van der Waals surface area contributed by atoms with E-state index in [9.17, 15) is 18.4 Å². The Morgan fingerprint density at radius 2 is 2.00 bits per heavy atom. The molecule has 0 aliphatic carbocycles. The van der Waals surface area contributed by atoms with Crippen LogP contribution in [0.5, 0.6) is 5.75 Å². The van der Waals surface area contributed by atoms with Crippen molar-refractivity contribution >= 4 is 17.5 Å². The van der Waals surface area contributed by atoms with Gasteiger partial charge in [0.05, 0.1) is 5.69 Å². The van der Waals surface area contributed by atoms with Crippen LogP contribution in [0.25, 0.3) is 0 Å². The van der Waals surface area contributed by atoms with E-state index in [1.54, 1.807) is 6.07 Å². The maximum atomic E-state index is 12.1. The smallest absolute Gasteiger partial charge is 0.387 e. The SMILES string of the molecule is CC(=O)NCCC(=O)Nc1ccccc1OC(F)F. The van der Waals surface area contributed by atoms with Crippen LogP contribution in [0.3, 0.4) is 0 Å². The zero-order valence-electron chi connectivity index (χ0n) is 10.3. The van der Waals surface area contributed by atoms with E-state index in [0.717, 1.165) is 0 Å². The zero-order valence-corrected chi connectivity index (χ0v) is 10.3. The Balaban J connectivity index is 2.56. The number of alkyl halides is 2. The predicted molar refractivity (Wildman–Crippen MR) is 65.0 cm³/mol. The van der Waals surface area contributed by atoms with E-state index < -0.39 is 12.5 Å². The molecule has 1 aromatic carbocycles. The molecule has 1 rings (SSSR count). The first-order valence-electron chi connectivity index (χ1n) is 5.57. The fraction of sp³-hybridized carbons (Fsp3) is 0.333. The third kappa shape index (κ3) is 5.80. The van der Waals surface area contributed by atoms with Crippen LogP contribution in [0.4, 0.5) is 14.5 Å². The van der Waals surface area contributed by atoms with Gasteiger partial charge in [0.2, 0.25) is 11.8 Å². The van der Waals surface area contributed by atoms with E-state index >= 15 is 0 Å². The number of anilines is 1. The quantitative estimate of drug-likeness (QED) is 0.829. The molecule has 0 aliphatic rings. The fourth-order valence-electron chi connectivity index (χ4n) is 1.33. The molecule has 0 aliphatic heterocycles. The van der Waals surface area contributed by atoms with Crippen molar-refractivity contribution in [2.24, 2.45) is 0 Å². The minimum absolute atomic E-state index is 0.0442. The maximum absolute atomic E-state index is 12.1. The van der Waals surface area contributed by atoms with Crippen LogP contribution in [0.2, 0.25) is 0 Å². The number of carbonyl (C=O) groups is 2. The molecule has 1 aromatic rings. The molecule has 0 bridgehead atoms. The minimum Gasteiger partial charge on any atom is -0.433 e. The lowest BCUT2D eigenvalue weighted by Gasteiger charge is -2.11. The highest BCUT2D eigenvalue weighted by atomic mass is 19.3. The van der Waals surface area contributed by atoms with E-state index in [1.807, 2.05) is 0 Å². The molecule has 0 saturated carbocycles. The van der Waals surface area contributed by atoms with Gasteiger partial charge in [0.25, 0.3) is 0 Å². The van der Waals surface area contributed by atoms with Gasteiger partial charge >= 0.3 is 6.61 Å². The van der Waals surface area contributed by atoms with E-state index in [4.69, 9.17) is 0 Å². The van der Waals surface area contributed by atoms with E-state index in [0.29, 0.717) is 0 Å². The molecule has 19 heavy (non-hydrogen) atoms. The monoisotopic (exact) mass is 272 g/mol. The second-order valence-electron chi connectivity index (χ2n) is 3.66. The number of halogens is 2. The molecular weight excluding hydrogens is 258 g/mol. The van der Waals surface area contributed by atoms with Gasteiger partial charge in [-0.25, -0.2) is 0 Å². The molecule has 7 heteroatoms. The molecule has 0 heterocycles. The second kappa shape index (κ2) is 7.30. The van der Waals surface area contributed by atoms with Crippen molar-refractivity contribution in [2.45, 2.75) is 20.0 Å². The van der Waals surface area contributed by atoms with Gasteiger partial charge in [0, 0.05) is 19.9 Å². The molecule has 0 spiro atoms. The minimum atomic E-state index is -2.96. The highest BCUT2D eigenvalue weighted by molar-refractivity contribution is 5.92. The number of carbonyl (C=O) groups excluding carboxylic acids is 2. The van der Waals surface area contributed by atoms with Crippen LogP contribution in [0.1, 0.15) is 13.3 Å². The Bertz CT molecular complexity index is 452. The third-order valence-electron chi connectivity index (χ3n) is 2.10. The lowest BCUT2D eigenvalue weighted by molar-refractivity contribution is -0.119. The number of rotatable bonds is 6. The van der Waals surface area contributed by atoms with Gasteiger partial charge in [-0.1, -0.05) is 12.1 Å². The summed E-state index contributed by atoms with van der Waals surface area (Å²) in [6.07, 6.45) is 0.0442. The Labute approximate surface area is 108 Å². The summed E-state index contributed by atoms with van der Waals surface area (Å²) in [4.78, 5) is 22.1. The molecule has 0 saturated heterocycles. The lowest BCUT2D eigenvalue weighted by Crippen LogP contribution is -2.25. The summed E-state index contributed by atoms with van der Waals surface area (Å²) in [6, 6.07) is 5.88. The average Bonchev–Trinajstić information content (AvgIpc) is 2.30. The number of amides is 2. The number of nitrogens with one attached hydrogen (secondary N) is 2. The Morgan fingerprint density at radius 1 is 1.32 bits per heavy atom. The molecule has 0 atom stereocenters. The van der Waals surface area contributed by atoms with Gasteiger partial charge in [-0.3, -0.25) is 9.59 Å². The van der Waals surface area contributed by atoms with Crippen molar-refractivity contribution in [1.29, 1.82) is 0 Å². The number of ether oxygens (including phenoxy) is 1. The molecular formula is C12H14F2N2O3. The maximum Gasteiger partial charge on any atom is 0.387 e. The summed E-state index contributed by atoms with van der Waals surface area (Å²) in [5.74, 6) is -0.751. The Morgan fingerprint density at radius 3 is 2.63 bits per heavy atom. The van der Waals surface area contributed by atoms with Crippen molar-refractivity contribution in [3.8, 4) is 5.75 Å². The summed E-state index contributed by atoms with van der Waals surface area (Å²) in [5.41, 5.74) is 0.163. The van der Waals surface area contributed by atoms with Crippen LogP contribution >= 0.6 is 0 Å². The number of benzene rings is 1. The number of hydrogen-bond acceptors (Lipinski definition) is 3. The number of hydrogen-bond donors (Lipinski definition) is 2.